The summed E-state index contributed by atoms with van der Waals surface area (Å²) in [5.41, 5.74) is 0.267. The van der Waals surface area contributed by atoms with Crippen molar-refractivity contribution in [2.45, 2.75) is 6.54 Å². The normalized spacial score (nSPS) is 10.5. The zero-order valence-corrected chi connectivity index (χ0v) is 12.1. The quantitative estimate of drug-likeness (QED) is 0.824. The van der Waals surface area contributed by atoms with E-state index in [1.807, 2.05) is 0 Å². The van der Waals surface area contributed by atoms with Crippen molar-refractivity contribution < 1.29 is 18.3 Å². The van der Waals surface area contributed by atoms with Crippen LogP contribution >= 0.6 is 0 Å². The highest BCUT2D eigenvalue weighted by molar-refractivity contribution is 5.94. The lowest BCUT2D eigenvalue weighted by atomic mass is 10.1. The molecule has 0 bridgehead atoms. The highest BCUT2D eigenvalue weighted by Gasteiger charge is 2.23. The molecule has 0 saturated heterocycles. The first-order chi connectivity index (χ1) is 10.6. The number of hydrogen-bond acceptors (Lipinski definition) is 3. The van der Waals surface area contributed by atoms with Gasteiger partial charge in [-0.15, -0.1) is 0 Å². The first kappa shape index (κ1) is 16.0. The van der Waals surface area contributed by atoms with Gasteiger partial charge in [-0.2, -0.15) is 0 Å². The summed E-state index contributed by atoms with van der Waals surface area (Å²) >= 11 is 0. The second kappa shape index (κ2) is 7.61. The predicted octanol–water partition coefficient (Wildman–Crippen LogP) is 2.65. The van der Waals surface area contributed by atoms with Crippen molar-refractivity contribution in [1.82, 2.24) is 9.88 Å². The van der Waals surface area contributed by atoms with Gasteiger partial charge in [0.2, 0.25) is 0 Å². The highest BCUT2D eigenvalue weighted by atomic mass is 19.1. The van der Waals surface area contributed by atoms with E-state index in [0.717, 1.165) is 17.7 Å². The molecule has 0 saturated carbocycles. The first-order valence-corrected chi connectivity index (χ1v) is 6.74. The minimum absolute atomic E-state index is 0.221. The number of ether oxygens (including phenoxy) is 1. The topological polar surface area (TPSA) is 42.4 Å². The molecule has 2 rings (SSSR count). The van der Waals surface area contributed by atoms with E-state index in [1.165, 1.54) is 18.1 Å². The summed E-state index contributed by atoms with van der Waals surface area (Å²) in [5, 5.41) is 0. The Bertz CT molecular complexity index is 615. The molecule has 0 N–H and O–H groups in total. The number of amides is 1. The molecule has 2 aromatic rings. The highest BCUT2D eigenvalue weighted by Crippen LogP contribution is 2.16. The van der Waals surface area contributed by atoms with Crippen LogP contribution in [0.2, 0.25) is 0 Å². The molecule has 0 spiro atoms. The zero-order valence-electron chi connectivity index (χ0n) is 12.1. The monoisotopic (exact) mass is 306 g/mol. The lowest BCUT2D eigenvalue weighted by Crippen LogP contribution is -2.34. The Labute approximate surface area is 127 Å². The number of hydrogen-bond donors (Lipinski definition) is 0. The summed E-state index contributed by atoms with van der Waals surface area (Å²) in [6, 6.07) is 6.84. The van der Waals surface area contributed by atoms with Crippen LogP contribution in [0.3, 0.4) is 0 Å². The van der Waals surface area contributed by atoms with Crippen LogP contribution in [0.4, 0.5) is 8.78 Å². The maximum Gasteiger partial charge on any atom is 0.260 e. The summed E-state index contributed by atoms with van der Waals surface area (Å²) in [7, 11) is 1.50. The van der Waals surface area contributed by atoms with E-state index < -0.39 is 23.1 Å². The number of carbonyl (C=O) groups is 1. The number of rotatable bonds is 6. The fourth-order valence-electron chi connectivity index (χ4n) is 2.02. The van der Waals surface area contributed by atoms with Crippen molar-refractivity contribution in [3.63, 3.8) is 0 Å². The maximum absolute atomic E-state index is 13.8. The number of methoxy groups -OCH3 is 1. The number of halogens is 2. The van der Waals surface area contributed by atoms with Crippen molar-refractivity contribution in [1.29, 1.82) is 0 Å². The molecule has 0 aliphatic heterocycles. The Morgan fingerprint density at radius 3 is 2.41 bits per heavy atom. The van der Waals surface area contributed by atoms with Gasteiger partial charge in [0.15, 0.2) is 0 Å². The van der Waals surface area contributed by atoms with Crippen molar-refractivity contribution in [2.75, 3.05) is 20.3 Å². The van der Waals surface area contributed by atoms with Gasteiger partial charge in [-0.05, 0) is 29.8 Å². The van der Waals surface area contributed by atoms with Crippen LogP contribution in [0.5, 0.6) is 0 Å². The van der Waals surface area contributed by atoms with E-state index in [9.17, 15) is 13.6 Å². The number of nitrogens with zero attached hydrogens (tertiary/aromatic N) is 2. The molecular weight excluding hydrogens is 290 g/mol. The minimum atomic E-state index is -0.873. The van der Waals surface area contributed by atoms with Crippen LogP contribution in [0, 0.1) is 11.6 Å². The molecule has 0 fully saturated rings. The molecule has 1 amide bonds. The van der Waals surface area contributed by atoms with Gasteiger partial charge in [-0.3, -0.25) is 9.78 Å². The van der Waals surface area contributed by atoms with Gasteiger partial charge in [0.25, 0.3) is 5.91 Å². The van der Waals surface area contributed by atoms with Gasteiger partial charge in [-0.1, -0.05) is 6.07 Å². The molecule has 1 heterocycles. The molecule has 6 heteroatoms. The molecular formula is C16H16F2N2O2. The number of carbonyl (C=O) groups excluding carboxylic acids is 1. The second-order valence-electron chi connectivity index (χ2n) is 4.67. The molecule has 0 aliphatic rings. The number of aromatic nitrogens is 1. The van der Waals surface area contributed by atoms with E-state index >= 15 is 0 Å². The first-order valence-electron chi connectivity index (χ1n) is 6.74. The van der Waals surface area contributed by atoms with Gasteiger partial charge in [0.05, 0.1) is 6.61 Å². The fraction of sp³-hybridized carbons (Fsp3) is 0.250. The van der Waals surface area contributed by atoms with Gasteiger partial charge in [0.1, 0.15) is 17.2 Å². The van der Waals surface area contributed by atoms with Crippen molar-refractivity contribution >= 4 is 5.91 Å². The van der Waals surface area contributed by atoms with E-state index in [1.54, 1.807) is 24.5 Å². The lowest BCUT2D eigenvalue weighted by Gasteiger charge is -2.23. The summed E-state index contributed by atoms with van der Waals surface area (Å²) in [6.07, 6.45) is 3.19. The Balaban J connectivity index is 2.26. The third kappa shape index (κ3) is 3.85. The van der Waals surface area contributed by atoms with Crippen LogP contribution in [0.25, 0.3) is 0 Å². The van der Waals surface area contributed by atoms with E-state index in [4.69, 9.17) is 4.74 Å². The van der Waals surface area contributed by atoms with E-state index in [2.05, 4.69) is 4.98 Å². The zero-order chi connectivity index (χ0) is 15.9. The Kier molecular flexibility index (Phi) is 5.55. The van der Waals surface area contributed by atoms with Crippen molar-refractivity contribution in [3.05, 3.63) is 65.5 Å². The largest absolute Gasteiger partial charge is 0.383 e. The lowest BCUT2D eigenvalue weighted by molar-refractivity contribution is 0.0670. The Morgan fingerprint density at radius 2 is 1.82 bits per heavy atom. The summed E-state index contributed by atoms with van der Waals surface area (Å²) < 4.78 is 32.5. The molecule has 116 valence electrons. The van der Waals surface area contributed by atoms with Gasteiger partial charge in [-0.25, -0.2) is 8.78 Å². The van der Waals surface area contributed by atoms with Crippen LogP contribution in [-0.4, -0.2) is 36.1 Å². The SMILES string of the molecule is COCCN(Cc1ccncc1)C(=O)c1c(F)cccc1F. The molecule has 22 heavy (non-hydrogen) atoms. The molecule has 1 aromatic carbocycles. The van der Waals surface area contributed by atoms with Crippen molar-refractivity contribution in [3.8, 4) is 0 Å². The molecule has 0 atom stereocenters. The van der Waals surface area contributed by atoms with Gasteiger partial charge >= 0.3 is 0 Å². The number of pyridine rings is 1. The average molecular weight is 306 g/mol. The standard InChI is InChI=1S/C16H16F2N2O2/c1-22-10-9-20(11-12-5-7-19-8-6-12)16(21)15-13(17)3-2-4-14(15)18/h2-8H,9-11H2,1H3. The van der Waals surface area contributed by atoms with Crippen LogP contribution in [-0.2, 0) is 11.3 Å². The second-order valence-corrected chi connectivity index (χ2v) is 4.67. The van der Waals surface area contributed by atoms with Crippen LogP contribution in [0.15, 0.2) is 42.7 Å². The number of benzene rings is 1. The Hall–Kier alpha value is -2.34. The molecule has 0 aliphatic carbocycles. The Morgan fingerprint density at radius 1 is 1.18 bits per heavy atom. The molecule has 0 radical (unpaired) electrons. The third-order valence-corrected chi connectivity index (χ3v) is 3.15. The third-order valence-electron chi connectivity index (χ3n) is 3.15. The van der Waals surface area contributed by atoms with E-state index in [0.29, 0.717) is 0 Å². The van der Waals surface area contributed by atoms with Gasteiger partial charge in [0, 0.05) is 32.6 Å². The smallest absolute Gasteiger partial charge is 0.260 e. The fourth-order valence-corrected chi connectivity index (χ4v) is 2.02. The maximum atomic E-state index is 13.8. The van der Waals surface area contributed by atoms with Crippen molar-refractivity contribution in [2.24, 2.45) is 0 Å². The predicted molar refractivity (Wildman–Crippen MR) is 77.2 cm³/mol. The van der Waals surface area contributed by atoms with Gasteiger partial charge < -0.3 is 9.64 Å². The summed E-state index contributed by atoms with van der Waals surface area (Å²) in [4.78, 5) is 17.7. The molecule has 0 unspecified atom stereocenters. The summed E-state index contributed by atoms with van der Waals surface area (Å²) in [5.74, 6) is -2.45. The summed E-state index contributed by atoms with van der Waals surface area (Å²) in [6.45, 7) is 0.719. The van der Waals surface area contributed by atoms with Crippen LogP contribution < -0.4 is 0 Å². The molecule has 4 nitrogen and oxygen atoms in total. The van der Waals surface area contributed by atoms with Crippen LogP contribution in [0.1, 0.15) is 15.9 Å². The average Bonchev–Trinajstić information content (AvgIpc) is 2.52. The van der Waals surface area contributed by atoms with E-state index in [-0.39, 0.29) is 19.7 Å². The minimum Gasteiger partial charge on any atom is -0.383 e. The molecule has 1 aromatic heterocycles.